The van der Waals surface area contributed by atoms with E-state index in [-0.39, 0.29) is 11.2 Å². The molecule has 1 amide bonds. The zero-order valence-corrected chi connectivity index (χ0v) is 14.0. The summed E-state index contributed by atoms with van der Waals surface area (Å²) in [6.45, 7) is 3.51. The van der Waals surface area contributed by atoms with Crippen LogP contribution in [0.25, 0.3) is 0 Å². The van der Waals surface area contributed by atoms with Gasteiger partial charge in [0.05, 0.1) is 19.5 Å². The summed E-state index contributed by atoms with van der Waals surface area (Å²) >= 11 is 1.60. The van der Waals surface area contributed by atoms with E-state index in [1.54, 1.807) is 26.0 Å². The Bertz CT molecular complexity index is 483. The third-order valence-corrected chi connectivity index (χ3v) is 4.93. The van der Waals surface area contributed by atoms with Crippen LogP contribution in [0.2, 0.25) is 0 Å². The van der Waals surface area contributed by atoms with Gasteiger partial charge >= 0.3 is 0 Å². The van der Waals surface area contributed by atoms with Crippen LogP contribution in [-0.4, -0.2) is 49.6 Å². The number of hydrogen-bond donors (Lipinski definition) is 0. The minimum absolute atomic E-state index is 0.0234. The molecule has 0 radical (unpaired) electrons. The van der Waals surface area contributed by atoms with Gasteiger partial charge in [0.25, 0.3) is 0 Å². The van der Waals surface area contributed by atoms with Crippen molar-refractivity contribution >= 4 is 17.7 Å². The van der Waals surface area contributed by atoms with Gasteiger partial charge in [-0.2, -0.15) is 11.8 Å². The number of methoxy groups -OCH3 is 2. The van der Waals surface area contributed by atoms with Crippen LogP contribution in [-0.2, 0) is 17.6 Å². The summed E-state index contributed by atoms with van der Waals surface area (Å²) < 4.78 is 10.7. The SMILES string of the molecule is COc1cc2c(cc1OC)CCN(C(=O)[C@H](C)SC)CC2. The van der Waals surface area contributed by atoms with Crippen LogP contribution < -0.4 is 9.47 Å². The number of carbonyl (C=O) groups excluding carboxylic acids is 1. The van der Waals surface area contributed by atoms with E-state index < -0.39 is 0 Å². The van der Waals surface area contributed by atoms with E-state index in [9.17, 15) is 4.79 Å². The zero-order valence-electron chi connectivity index (χ0n) is 13.1. The van der Waals surface area contributed by atoms with Crippen molar-refractivity contribution in [3.8, 4) is 11.5 Å². The molecule has 1 aromatic carbocycles. The van der Waals surface area contributed by atoms with Crippen molar-refractivity contribution in [1.82, 2.24) is 4.90 Å². The number of nitrogens with zero attached hydrogens (tertiary/aromatic N) is 1. The van der Waals surface area contributed by atoms with Gasteiger partial charge in [0.15, 0.2) is 11.5 Å². The van der Waals surface area contributed by atoms with Crippen LogP contribution in [0.3, 0.4) is 0 Å². The lowest BCUT2D eigenvalue weighted by atomic mass is 10.0. The van der Waals surface area contributed by atoms with Crippen LogP contribution in [0.1, 0.15) is 18.1 Å². The average molecular weight is 309 g/mol. The molecule has 1 aliphatic rings. The number of rotatable bonds is 4. The van der Waals surface area contributed by atoms with Crippen LogP contribution in [0.5, 0.6) is 11.5 Å². The first-order valence-electron chi connectivity index (χ1n) is 7.16. The van der Waals surface area contributed by atoms with E-state index in [1.165, 1.54) is 11.1 Å². The molecule has 4 nitrogen and oxygen atoms in total. The maximum atomic E-state index is 12.3. The van der Waals surface area contributed by atoms with Gasteiger partial charge in [-0.3, -0.25) is 4.79 Å². The maximum absolute atomic E-state index is 12.3. The fourth-order valence-corrected chi connectivity index (χ4v) is 2.98. The Morgan fingerprint density at radius 3 is 2.00 bits per heavy atom. The molecule has 2 rings (SSSR count). The lowest BCUT2D eigenvalue weighted by Gasteiger charge is -2.23. The second-order valence-electron chi connectivity index (χ2n) is 5.18. The lowest BCUT2D eigenvalue weighted by Crippen LogP contribution is -2.38. The summed E-state index contributed by atoms with van der Waals surface area (Å²) in [5.74, 6) is 1.75. The van der Waals surface area contributed by atoms with Gasteiger partial charge in [-0.05, 0) is 49.3 Å². The predicted molar refractivity (Wildman–Crippen MR) is 86.5 cm³/mol. The topological polar surface area (TPSA) is 38.8 Å². The first-order valence-corrected chi connectivity index (χ1v) is 8.44. The largest absolute Gasteiger partial charge is 0.493 e. The summed E-state index contributed by atoms with van der Waals surface area (Å²) in [7, 11) is 3.30. The van der Waals surface area contributed by atoms with Gasteiger partial charge in [-0.1, -0.05) is 0 Å². The Labute approximate surface area is 130 Å². The second-order valence-corrected chi connectivity index (χ2v) is 6.36. The lowest BCUT2D eigenvalue weighted by molar-refractivity contribution is -0.130. The smallest absolute Gasteiger partial charge is 0.235 e. The highest BCUT2D eigenvalue weighted by Crippen LogP contribution is 2.32. The number of benzene rings is 1. The highest BCUT2D eigenvalue weighted by molar-refractivity contribution is 7.99. The highest BCUT2D eigenvalue weighted by Gasteiger charge is 2.23. The molecule has 1 atom stereocenters. The van der Waals surface area contributed by atoms with Crippen LogP contribution in [0.15, 0.2) is 12.1 Å². The standard InChI is InChI=1S/C16H23NO3S/c1-11(21-4)16(18)17-7-5-12-9-14(19-2)15(20-3)10-13(12)6-8-17/h9-11H,5-8H2,1-4H3/t11-/m0/s1. The van der Waals surface area contributed by atoms with E-state index in [0.29, 0.717) is 0 Å². The molecule has 1 heterocycles. The normalized spacial score (nSPS) is 15.9. The highest BCUT2D eigenvalue weighted by atomic mass is 32.2. The van der Waals surface area contributed by atoms with E-state index in [1.807, 2.05) is 30.2 Å². The molecule has 0 aliphatic carbocycles. The van der Waals surface area contributed by atoms with E-state index in [4.69, 9.17) is 9.47 Å². The second kappa shape index (κ2) is 7.07. The summed E-state index contributed by atoms with van der Waals surface area (Å²) in [4.78, 5) is 14.3. The molecule has 0 fully saturated rings. The Balaban J connectivity index is 2.19. The van der Waals surface area contributed by atoms with Crippen molar-refractivity contribution < 1.29 is 14.3 Å². The van der Waals surface area contributed by atoms with Gasteiger partial charge in [0, 0.05) is 13.1 Å². The summed E-state index contributed by atoms with van der Waals surface area (Å²) in [6.07, 6.45) is 3.70. The fraction of sp³-hybridized carbons (Fsp3) is 0.562. The number of amides is 1. The van der Waals surface area contributed by atoms with Crippen molar-refractivity contribution in [2.24, 2.45) is 0 Å². The molecule has 5 heteroatoms. The van der Waals surface area contributed by atoms with E-state index in [2.05, 4.69) is 0 Å². The Hall–Kier alpha value is -1.36. The van der Waals surface area contributed by atoms with Crippen LogP contribution >= 0.6 is 11.8 Å². The molecular formula is C16H23NO3S. The van der Waals surface area contributed by atoms with Crippen molar-refractivity contribution in [3.05, 3.63) is 23.3 Å². The number of carbonyl (C=O) groups is 1. The minimum Gasteiger partial charge on any atom is -0.493 e. The predicted octanol–water partition coefficient (Wildman–Crippen LogP) is 2.38. The van der Waals surface area contributed by atoms with Crippen LogP contribution in [0.4, 0.5) is 0 Å². The number of fused-ring (bicyclic) bond motifs is 1. The third-order valence-electron chi connectivity index (χ3n) is 4.02. The molecule has 0 saturated heterocycles. The Morgan fingerprint density at radius 2 is 1.62 bits per heavy atom. The van der Waals surface area contributed by atoms with Crippen LogP contribution in [0, 0.1) is 0 Å². The molecule has 0 bridgehead atoms. The zero-order chi connectivity index (χ0) is 15.4. The molecule has 1 aliphatic heterocycles. The molecule has 21 heavy (non-hydrogen) atoms. The summed E-state index contributed by atoms with van der Waals surface area (Å²) in [5, 5.41) is 0.0234. The Morgan fingerprint density at radius 1 is 1.14 bits per heavy atom. The summed E-state index contributed by atoms with van der Waals surface area (Å²) in [6, 6.07) is 4.08. The molecular weight excluding hydrogens is 286 g/mol. The Kier molecular flexibility index (Phi) is 5.39. The van der Waals surface area contributed by atoms with Gasteiger partial charge in [-0.25, -0.2) is 0 Å². The first-order chi connectivity index (χ1) is 10.1. The molecule has 1 aromatic rings. The molecule has 0 aromatic heterocycles. The van der Waals surface area contributed by atoms with E-state index >= 15 is 0 Å². The van der Waals surface area contributed by atoms with Gasteiger partial charge in [-0.15, -0.1) is 0 Å². The van der Waals surface area contributed by atoms with Gasteiger partial charge < -0.3 is 14.4 Å². The van der Waals surface area contributed by atoms with Crippen molar-refractivity contribution in [1.29, 1.82) is 0 Å². The van der Waals surface area contributed by atoms with Crippen molar-refractivity contribution in [2.75, 3.05) is 33.6 Å². The molecule has 0 unspecified atom stereocenters. The average Bonchev–Trinajstić information content (AvgIpc) is 2.73. The van der Waals surface area contributed by atoms with Crippen molar-refractivity contribution in [3.63, 3.8) is 0 Å². The monoisotopic (exact) mass is 309 g/mol. The molecule has 0 N–H and O–H groups in total. The van der Waals surface area contributed by atoms with Crippen molar-refractivity contribution in [2.45, 2.75) is 25.0 Å². The molecule has 0 saturated carbocycles. The summed E-state index contributed by atoms with van der Waals surface area (Å²) in [5.41, 5.74) is 2.50. The van der Waals surface area contributed by atoms with Gasteiger partial charge in [0.1, 0.15) is 0 Å². The quantitative estimate of drug-likeness (QED) is 0.856. The maximum Gasteiger partial charge on any atom is 0.235 e. The first kappa shape index (κ1) is 16.0. The molecule has 116 valence electrons. The number of thioether (sulfide) groups is 1. The third kappa shape index (κ3) is 3.46. The van der Waals surface area contributed by atoms with E-state index in [0.717, 1.165) is 37.4 Å². The van der Waals surface area contributed by atoms with Gasteiger partial charge in [0.2, 0.25) is 5.91 Å². The fourth-order valence-electron chi connectivity index (χ4n) is 2.63. The number of ether oxygens (including phenoxy) is 2. The molecule has 0 spiro atoms. The number of hydrogen-bond acceptors (Lipinski definition) is 4. The minimum atomic E-state index is 0.0234.